The normalized spacial score (nSPS) is 11.5. The molecule has 2 rings (SSSR count). The summed E-state index contributed by atoms with van der Waals surface area (Å²) in [6.07, 6.45) is 3.70. The summed E-state index contributed by atoms with van der Waals surface area (Å²) >= 11 is 0. The topological polar surface area (TPSA) is 101 Å². The highest BCUT2D eigenvalue weighted by atomic mass is 32.2. The van der Waals surface area contributed by atoms with E-state index in [0.29, 0.717) is 5.82 Å². The molecule has 0 fully saturated rings. The number of rotatable bonds is 3. The molecule has 0 unspecified atom stereocenters. The first kappa shape index (κ1) is 9.71. The Kier molecular flexibility index (Phi) is 2.19. The number of anilines is 1. The molecule has 2 heterocycles. The molecule has 0 atom stereocenters. The number of nitrogens with one attached hydrogen (secondary N) is 2. The van der Waals surface area contributed by atoms with E-state index >= 15 is 0 Å². The zero-order valence-electron chi connectivity index (χ0n) is 7.76. The number of aromatic amines is 1. The third-order valence-corrected chi connectivity index (χ3v) is 2.94. The number of hydrogen-bond donors (Lipinski definition) is 2. The second-order valence-electron chi connectivity index (χ2n) is 2.85. The van der Waals surface area contributed by atoms with Crippen LogP contribution in [0.15, 0.2) is 28.2 Å². The summed E-state index contributed by atoms with van der Waals surface area (Å²) in [6.45, 7) is 1.67. The van der Waals surface area contributed by atoms with Gasteiger partial charge in [0.05, 0.1) is 12.4 Å². The zero-order chi connectivity index (χ0) is 10.9. The minimum Gasteiger partial charge on any atom is -0.362 e. The number of sulfonamides is 1. The molecule has 2 aromatic heterocycles. The minimum absolute atomic E-state index is 0.00111. The van der Waals surface area contributed by atoms with Gasteiger partial charge >= 0.3 is 0 Å². The molecule has 80 valence electrons. The lowest BCUT2D eigenvalue weighted by Crippen LogP contribution is -2.12. The summed E-state index contributed by atoms with van der Waals surface area (Å²) in [5.74, 6) is 0.528. The molecule has 0 saturated heterocycles. The van der Waals surface area contributed by atoms with Crippen molar-refractivity contribution in [1.29, 1.82) is 0 Å². The van der Waals surface area contributed by atoms with Crippen molar-refractivity contribution in [3.8, 4) is 0 Å². The Bertz CT molecular complexity index is 543. The molecule has 0 bridgehead atoms. The van der Waals surface area contributed by atoms with Gasteiger partial charge in [0.1, 0.15) is 17.8 Å². The minimum atomic E-state index is -3.63. The number of H-pyrrole nitrogens is 1. The molecule has 0 aromatic carbocycles. The van der Waals surface area contributed by atoms with Crippen LogP contribution < -0.4 is 4.72 Å². The largest absolute Gasteiger partial charge is 0.362 e. The lowest BCUT2D eigenvalue weighted by molar-refractivity contribution is 0.420. The third-order valence-electron chi connectivity index (χ3n) is 1.65. The first-order valence-electron chi connectivity index (χ1n) is 4.02. The Balaban J connectivity index is 2.28. The Morgan fingerprint density at radius 2 is 2.27 bits per heavy atom. The van der Waals surface area contributed by atoms with Crippen molar-refractivity contribution >= 4 is 15.7 Å². The molecule has 0 aliphatic rings. The molecular formula is C7H8N4O3S. The molecule has 7 nitrogen and oxygen atoms in total. The molecule has 0 saturated carbocycles. The average Bonchev–Trinajstić information content (AvgIpc) is 2.75. The molecule has 0 spiro atoms. The summed E-state index contributed by atoms with van der Waals surface area (Å²) in [7, 11) is -3.63. The van der Waals surface area contributed by atoms with E-state index in [1.165, 1.54) is 18.7 Å². The van der Waals surface area contributed by atoms with E-state index in [1.54, 1.807) is 6.92 Å². The summed E-state index contributed by atoms with van der Waals surface area (Å²) in [4.78, 5) is 6.41. The third kappa shape index (κ3) is 1.99. The average molecular weight is 228 g/mol. The lowest BCUT2D eigenvalue weighted by atomic mass is 10.6. The molecule has 0 radical (unpaired) electrons. The number of hydrogen-bond acceptors (Lipinski definition) is 5. The maximum absolute atomic E-state index is 11.7. The van der Waals surface area contributed by atoms with Crippen LogP contribution in [0.1, 0.15) is 5.82 Å². The van der Waals surface area contributed by atoms with Gasteiger partial charge in [-0.15, -0.1) is 0 Å². The van der Waals surface area contributed by atoms with Crippen LogP contribution in [-0.2, 0) is 10.0 Å². The molecule has 2 aromatic rings. The second-order valence-corrected chi connectivity index (χ2v) is 4.50. The van der Waals surface area contributed by atoms with Crippen molar-refractivity contribution < 1.29 is 12.9 Å². The van der Waals surface area contributed by atoms with Crippen LogP contribution in [0.25, 0.3) is 0 Å². The Morgan fingerprint density at radius 1 is 1.47 bits per heavy atom. The number of imidazole rings is 1. The zero-order valence-corrected chi connectivity index (χ0v) is 8.58. The maximum Gasteiger partial charge on any atom is 0.279 e. The van der Waals surface area contributed by atoms with Crippen molar-refractivity contribution in [2.75, 3.05) is 4.72 Å². The predicted molar refractivity (Wildman–Crippen MR) is 50.6 cm³/mol. The first-order valence-corrected chi connectivity index (χ1v) is 5.50. The highest BCUT2D eigenvalue weighted by molar-refractivity contribution is 7.92. The fraction of sp³-hybridized carbons (Fsp3) is 0.143. The van der Waals surface area contributed by atoms with Crippen LogP contribution in [-0.4, -0.2) is 23.5 Å². The van der Waals surface area contributed by atoms with Crippen LogP contribution in [0.2, 0.25) is 0 Å². The highest BCUT2D eigenvalue weighted by Gasteiger charge is 2.17. The summed E-state index contributed by atoms with van der Waals surface area (Å²) in [5.41, 5.74) is 0.266. The number of nitrogens with zero attached hydrogens (tertiary/aromatic N) is 2. The van der Waals surface area contributed by atoms with Gasteiger partial charge in [-0.3, -0.25) is 4.72 Å². The van der Waals surface area contributed by atoms with Gasteiger partial charge in [-0.2, -0.15) is 8.42 Å². The SMILES string of the molecule is Cc1ncc(S(=O)(=O)Nc2cnoc2)[nH]1. The number of aromatic nitrogens is 3. The van der Waals surface area contributed by atoms with E-state index in [-0.39, 0.29) is 10.7 Å². The van der Waals surface area contributed by atoms with E-state index < -0.39 is 10.0 Å². The predicted octanol–water partition coefficient (Wildman–Crippen LogP) is 0.507. The Labute approximate surface area is 85.6 Å². The summed E-state index contributed by atoms with van der Waals surface area (Å²) in [5, 5.41) is 3.38. The van der Waals surface area contributed by atoms with Gasteiger partial charge in [0.2, 0.25) is 0 Å². The fourth-order valence-corrected chi connectivity index (χ4v) is 1.99. The summed E-state index contributed by atoms with van der Waals surface area (Å²) < 4.78 is 30.1. The second kappa shape index (κ2) is 3.39. The monoisotopic (exact) mass is 228 g/mol. The van der Waals surface area contributed by atoms with E-state index in [0.717, 1.165) is 0 Å². The van der Waals surface area contributed by atoms with E-state index in [1.807, 2.05) is 0 Å². The van der Waals surface area contributed by atoms with Crippen LogP contribution in [0.5, 0.6) is 0 Å². The summed E-state index contributed by atoms with van der Waals surface area (Å²) in [6, 6.07) is 0. The molecule has 0 amide bonds. The van der Waals surface area contributed by atoms with Crippen molar-refractivity contribution in [3.63, 3.8) is 0 Å². The fourth-order valence-electron chi connectivity index (χ4n) is 1.00. The van der Waals surface area contributed by atoms with E-state index in [2.05, 4.69) is 24.4 Å². The van der Waals surface area contributed by atoms with Crippen molar-refractivity contribution in [1.82, 2.24) is 15.1 Å². The van der Waals surface area contributed by atoms with Gasteiger partial charge in [-0.1, -0.05) is 5.16 Å². The van der Waals surface area contributed by atoms with Gasteiger partial charge < -0.3 is 9.51 Å². The lowest BCUT2D eigenvalue weighted by Gasteiger charge is -2.01. The van der Waals surface area contributed by atoms with Crippen LogP contribution in [0.4, 0.5) is 5.69 Å². The van der Waals surface area contributed by atoms with Gasteiger partial charge in [-0.25, -0.2) is 4.98 Å². The quantitative estimate of drug-likeness (QED) is 0.796. The van der Waals surface area contributed by atoms with Gasteiger partial charge in [-0.05, 0) is 6.92 Å². The van der Waals surface area contributed by atoms with Gasteiger partial charge in [0.25, 0.3) is 10.0 Å². The van der Waals surface area contributed by atoms with E-state index in [4.69, 9.17) is 0 Å². The van der Waals surface area contributed by atoms with Crippen LogP contribution in [0, 0.1) is 6.92 Å². The van der Waals surface area contributed by atoms with Crippen LogP contribution >= 0.6 is 0 Å². The Morgan fingerprint density at radius 3 is 2.80 bits per heavy atom. The van der Waals surface area contributed by atoms with Crippen molar-refractivity contribution in [3.05, 3.63) is 24.5 Å². The molecule has 15 heavy (non-hydrogen) atoms. The maximum atomic E-state index is 11.7. The van der Waals surface area contributed by atoms with Crippen molar-refractivity contribution in [2.24, 2.45) is 0 Å². The standard InChI is InChI=1S/C7H8N4O3S/c1-5-8-3-7(10-5)15(12,13)11-6-2-9-14-4-6/h2-4,11H,1H3,(H,8,10). The molecule has 8 heteroatoms. The smallest absolute Gasteiger partial charge is 0.279 e. The van der Waals surface area contributed by atoms with Gasteiger partial charge in [0.15, 0.2) is 5.03 Å². The van der Waals surface area contributed by atoms with Crippen molar-refractivity contribution in [2.45, 2.75) is 11.9 Å². The van der Waals surface area contributed by atoms with Crippen LogP contribution in [0.3, 0.4) is 0 Å². The Hall–Kier alpha value is -1.83. The van der Waals surface area contributed by atoms with E-state index in [9.17, 15) is 8.42 Å². The number of aryl methyl sites for hydroxylation is 1. The van der Waals surface area contributed by atoms with Gasteiger partial charge in [0, 0.05) is 0 Å². The molecular weight excluding hydrogens is 220 g/mol. The molecule has 0 aliphatic heterocycles. The molecule has 2 N–H and O–H groups in total. The highest BCUT2D eigenvalue weighted by Crippen LogP contribution is 2.12. The first-order chi connectivity index (χ1) is 7.08. The molecule has 0 aliphatic carbocycles.